The summed E-state index contributed by atoms with van der Waals surface area (Å²) in [6, 6.07) is 23.2. The number of rotatable bonds is 8. The molecule has 2 N–H and O–H groups in total. The fourth-order valence-corrected chi connectivity index (χ4v) is 3.06. The molecule has 0 aliphatic heterocycles. The summed E-state index contributed by atoms with van der Waals surface area (Å²) in [5.74, 6) is -0.149. The third-order valence-electron chi connectivity index (χ3n) is 4.74. The summed E-state index contributed by atoms with van der Waals surface area (Å²) in [5, 5.41) is 13.6. The van der Waals surface area contributed by atoms with Crippen LogP contribution in [-0.4, -0.2) is 17.2 Å². The van der Waals surface area contributed by atoms with Gasteiger partial charge in [-0.05, 0) is 72.7 Å². The van der Waals surface area contributed by atoms with Crippen LogP contribution in [0.1, 0.15) is 45.5 Å². The van der Waals surface area contributed by atoms with E-state index in [1.54, 1.807) is 25.3 Å². The quantitative estimate of drug-likeness (QED) is 0.299. The number of benzene rings is 3. The Balaban J connectivity index is 1.49. The standard InChI is InChI=1S/C26H26N2O2/c1-20-17-24(15-16-25(20)29)26(30)28-27-19-23-14-8-13-22(18-23)12-7-3-6-11-21-9-4-2-5-10-21/h2,4-5,7-10,12-19,29H,3,6,11H2,1H3,(H,28,30)/b12-7+,27-19+. The number of nitrogens with zero attached hydrogens (tertiary/aromatic N) is 1. The van der Waals surface area contributed by atoms with Crippen LogP contribution >= 0.6 is 0 Å². The molecule has 0 saturated carbocycles. The van der Waals surface area contributed by atoms with Gasteiger partial charge in [-0.3, -0.25) is 4.79 Å². The second-order valence-electron chi connectivity index (χ2n) is 7.15. The van der Waals surface area contributed by atoms with Gasteiger partial charge in [0.1, 0.15) is 5.75 Å². The van der Waals surface area contributed by atoms with Crippen LogP contribution in [0.2, 0.25) is 0 Å². The van der Waals surface area contributed by atoms with Crippen molar-refractivity contribution in [1.29, 1.82) is 0 Å². The second-order valence-corrected chi connectivity index (χ2v) is 7.15. The molecule has 0 spiro atoms. The number of phenolic OH excluding ortho intramolecular Hbond substituents is 1. The Morgan fingerprint density at radius 3 is 2.60 bits per heavy atom. The number of allylic oxidation sites excluding steroid dienone is 1. The van der Waals surface area contributed by atoms with Gasteiger partial charge >= 0.3 is 0 Å². The summed E-state index contributed by atoms with van der Waals surface area (Å²) in [6.07, 6.45) is 9.14. The van der Waals surface area contributed by atoms with E-state index in [1.165, 1.54) is 11.6 Å². The van der Waals surface area contributed by atoms with E-state index >= 15 is 0 Å². The minimum atomic E-state index is -0.316. The monoisotopic (exact) mass is 398 g/mol. The predicted octanol–water partition coefficient (Wildman–Crippen LogP) is 5.50. The first-order valence-corrected chi connectivity index (χ1v) is 10.1. The lowest BCUT2D eigenvalue weighted by Crippen LogP contribution is -2.17. The van der Waals surface area contributed by atoms with Crippen molar-refractivity contribution in [2.24, 2.45) is 5.10 Å². The van der Waals surface area contributed by atoms with E-state index in [9.17, 15) is 9.90 Å². The Bertz CT molecular complexity index is 1040. The minimum Gasteiger partial charge on any atom is -0.508 e. The maximum atomic E-state index is 12.2. The summed E-state index contributed by atoms with van der Waals surface area (Å²) >= 11 is 0. The Kier molecular flexibility index (Phi) is 7.56. The number of hydrogen-bond acceptors (Lipinski definition) is 3. The van der Waals surface area contributed by atoms with E-state index in [4.69, 9.17) is 0 Å². The number of phenols is 1. The highest BCUT2D eigenvalue weighted by Crippen LogP contribution is 2.16. The number of aromatic hydroxyl groups is 1. The zero-order valence-electron chi connectivity index (χ0n) is 17.1. The van der Waals surface area contributed by atoms with Gasteiger partial charge in [-0.1, -0.05) is 60.7 Å². The lowest BCUT2D eigenvalue weighted by molar-refractivity contribution is 0.0955. The van der Waals surface area contributed by atoms with Crippen molar-refractivity contribution in [3.63, 3.8) is 0 Å². The van der Waals surface area contributed by atoms with Crippen LogP contribution in [0.25, 0.3) is 6.08 Å². The Labute approximate surface area is 177 Å². The molecule has 0 aliphatic rings. The average Bonchev–Trinajstić information content (AvgIpc) is 2.76. The zero-order chi connectivity index (χ0) is 21.2. The number of amides is 1. The highest BCUT2D eigenvalue weighted by molar-refractivity contribution is 5.95. The van der Waals surface area contributed by atoms with Crippen molar-refractivity contribution in [2.45, 2.75) is 26.2 Å². The summed E-state index contributed by atoms with van der Waals surface area (Å²) < 4.78 is 0. The van der Waals surface area contributed by atoms with Crippen LogP contribution in [-0.2, 0) is 6.42 Å². The van der Waals surface area contributed by atoms with Gasteiger partial charge in [0.05, 0.1) is 6.21 Å². The van der Waals surface area contributed by atoms with Gasteiger partial charge in [-0.25, -0.2) is 5.43 Å². The molecule has 0 fully saturated rings. The van der Waals surface area contributed by atoms with Gasteiger partial charge in [-0.2, -0.15) is 5.10 Å². The number of carbonyl (C=O) groups excluding carboxylic acids is 1. The number of unbranched alkanes of at least 4 members (excludes halogenated alkanes) is 1. The molecule has 1 amide bonds. The molecule has 3 rings (SSSR count). The smallest absolute Gasteiger partial charge is 0.271 e. The summed E-state index contributed by atoms with van der Waals surface area (Å²) in [4.78, 5) is 12.2. The lowest BCUT2D eigenvalue weighted by atomic mass is 10.1. The van der Waals surface area contributed by atoms with Crippen LogP contribution < -0.4 is 5.43 Å². The molecule has 152 valence electrons. The van der Waals surface area contributed by atoms with Gasteiger partial charge in [-0.15, -0.1) is 0 Å². The molecular weight excluding hydrogens is 372 g/mol. The molecule has 0 heterocycles. The number of nitrogens with one attached hydrogen (secondary N) is 1. The molecule has 0 aliphatic carbocycles. The van der Waals surface area contributed by atoms with Crippen LogP contribution in [0, 0.1) is 6.92 Å². The molecule has 0 bridgehead atoms. The van der Waals surface area contributed by atoms with Gasteiger partial charge < -0.3 is 5.11 Å². The van der Waals surface area contributed by atoms with Gasteiger partial charge in [0, 0.05) is 5.56 Å². The van der Waals surface area contributed by atoms with Crippen LogP contribution in [0.4, 0.5) is 0 Å². The summed E-state index contributed by atoms with van der Waals surface area (Å²) in [7, 11) is 0. The highest BCUT2D eigenvalue weighted by atomic mass is 16.3. The predicted molar refractivity (Wildman–Crippen MR) is 123 cm³/mol. The van der Waals surface area contributed by atoms with Crippen LogP contribution in [0.3, 0.4) is 0 Å². The second kappa shape index (κ2) is 10.8. The minimum absolute atomic E-state index is 0.167. The first-order chi connectivity index (χ1) is 14.6. The largest absolute Gasteiger partial charge is 0.508 e. The Morgan fingerprint density at radius 1 is 1.00 bits per heavy atom. The van der Waals surface area contributed by atoms with E-state index in [0.717, 1.165) is 30.4 Å². The fourth-order valence-electron chi connectivity index (χ4n) is 3.06. The Morgan fingerprint density at radius 2 is 1.80 bits per heavy atom. The molecule has 0 atom stereocenters. The van der Waals surface area contributed by atoms with Gasteiger partial charge in [0.2, 0.25) is 0 Å². The molecule has 0 saturated heterocycles. The van der Waals surface area contributed by atoms with Crippen LogP contribution in [0.15, 0.2) is 84.0 Å². The molecule has 0 radical (unpaired) electrons. The number of hydrogen-bond donors (Lipinski definition) is 2. The number of carbonyl (C=O) groups is 1. The van der Waals surface area contributed by atoms with E-state index in [0.29, 0.717) is 11.1 Å². The number of hydrazone groups is 1. The molecular formula is C26H26N2O2. The van der Waals surface area contributed by atoms with E-state index in [2.05, 4.69) is 46.9 Å². The molecule has 3 aromatic rings. The SMILES string of the molecule is Cc1cc(C(=O)N/N=C/c2cccc(/C=C/CCCc3ccccc3)c2)ccc1O. The summed E-state index contributed by atoms with van der Waals surface area (Å²) in [5.41, 5.74) is 6.99. The van der Waals surface area contributed by atoms with E-state index in [1.807, 2.05) is 30.3 Å². The normalized spacial score (nSPS) is 11.2. The Hall–Kier alpha value is -3.66. The number of aryl methyl sites for hydroxylation is 2. The van der Waals surface area contributed by atoms with Crippen molar-refractivity contribution in [3.8, 4) is 5.75 Å². The van der Waals surface area contributed by atoms with Gasteiger partial charge in [0.25, 0.3) is 5.91 Å². The first kappa shape index (κ1) is 21.1. The fraction of sp³-hybridized carbons (Fsp3) is 0.154. The highest BCUT2D eigenvalue weighted by Gasteiger charge is 2.06. The van der Waals surface area contributed by atoms with E-state index < -0.39 is 0 Å². The average molecular weight is 399 g/mol. The lowest BCUT2D eigenvalue weighted by Gasteiger charge is -2.03. The van der Waals surface area contributed by atoms with Crippen molar-refractivity contribution >= 4 is 18.2 Å². The molecule has 4 heteroatoms. The van der Waals surface area contributed by atoms with Crippen molar-refractivity contribution in [3.05, 3.63) is 107 Å². The third kappa shape index (κ3) is 6.45. The molecule has 3 aromatic carbocycles. The molecule has 0 aromatic heterocycles. The molecule has 4 nitrogen and oxygen atoms in total. The maximum absolute atomic E-state index is 12.2. The third-order valence-corrected chi connectivity index (χ3v) is 4.74. The van der Waals surface area contributed by atoms with Crippen molar-refractivity contribution in [1.82, 2.24) is 5.43 Å². The van der Waals surface area contributed by atoms with Gasteiger partial charge in [0.15, 0.2) is 0 Å². The maximum Gasteiger partial charge on any atom is 0.271 e. The summed E-state index contributed by atoms with van der Waals surface area (Å²) in [6.45, 7) is 1.75. The topological polar surface area (TPSA) is 61.7 Å². The van der Waals surface area contributed by atoms with Crippen molar-refractivity contribution < 1.29 is 9.90 Å². The molecule has 30 heavy (non-hydrogen) atoms. The zero-order valence-corrected chi connectivity index (χ0v) is 17.1. The van der Waals surface area contributed by atoms with Crippen molar-refractivity contribution in [2.75, 3.05) is 0 Å². The van der Waals surface area contributed by atoms with E-state index in [-0.39, 0.29) is 11.7 Å². The first-order valence-electron chi connectivity index (χ1n) is 10.1. The van der Waals surface area contributed by atoms with Crippen LogP contribution in [0.5, 0.6) is 5.75 Å². The molecule has 0 unspecified atom stereocenters.